The molecule has 2 aromatic carbocycles. The number of amides is 2. The minimum Gasteiger partial charge on any atom is -0.494 e. The summed E-state index contributed by atoms with van der Waals surface area (Å²) in [5.74, 6) is 0.794. The Morgan fingerprint density at radius 1 is 1.04 bits per heavy atom. The Morgan fingerprint density at radius 3 is 2.26 bits per heavy atom. The Balaban J connectivity index is 1.90. The van der Waals surface area contributed by atoms with Crippen LogP contribution in [0.4, 0.5) is 10.5 Å². The summed E-state index contributed by atoms with van der Waals surface area (Å²) in [5, 5.41) is 5.77. The van der Waals surface area contributed by atoms with Gasteiger partial charge in [-0.05, 0) is 55.7 Å². The molecule has 0 fully saturated rings. The van der Waals surface area contributed by atoms with Crippen molar-refractivity contribution in [2.75, 3.05) is 11.9 Å². The van der Waals surface area contributed by atoms with Crippen LogP contribution in [0.5, 0.6) is 5.75 Å². The molecule has 4 heteroatoms. The molecule has 2 N–H and O–H groups in total. The quantitative estimate of drug-likeness (QED) is 0.823. The molecule has 23 heavy (non-hydrogen) atoms. The molecule has 0 aliphatic carbocycles. The molecule has 2 aromatic rings. The van der Waals surface area contributed by atoms with E-state index in [-0.39, 0.29) is 12.1 Å². The Hall–Kier alpha value is -2.49. The molecular weight excluding hydrogens is 288 g/mol. The van der Waals surface area contributed by atoms with Crippen molar-refractivity contribution >= 4 is 11.7 Å². The summed E-state index contributed by atoms with van der Waals surface area (Å²) >= 11 is 0. The monoisotopic (exact) mass is 312 g/mol. The fraction of sp³-hybridized carbons (Fsp3) is 0.316. The van der Waals surface area contributed by atoms with Gasteiger partial charge in [-0.15, -0.1) is 0 Å². The number of anilines is 1. The lowest BCUT2D eigenvalue weighted by atomic mass is 10.1. The SMILES string of the molecule is CCOc1ccc(NC(=O)NC(C)c2ccc(CC)cc2)cc1. The van der Waals surface area contributed by atoms with E-state index >= 15 is 0 Å². The molecule has 122 valence electrons. The molecule has 0 spiro atoms. The first-order valence-electron chi connectivity index (χ1n) is 8.01. The van der Waals surface area contributed by atoms with E-state index < -0.39 is 0 Å². The first kappa shape index (κ1) is 16.9. The maximum atomic E-state index is 12.1. The molecule has 2 rings (SSSR count). The Kier molecular flexibility index (Phi) is 6.03. The third kappa shape index (κ3) is 5.02. The highest BCUT2D eigenvalue weighted by Crippen LogP contribution is 2.17. The van der Waals surface area contributed by atoms with Gasteiger partial charge in [0.15, 0.2) is 0 Å². The van der Waals surface area contributed by atoms with Gasteiger partial charge in [0.2, 0.25) is 0 Å². The van der Waals surface area contributed by atoms with E-state index in [2.05, 4.69) is 41.8 Å². The highest BCUT2D eigenvalue weighted by atomic mass is 16.5. The summed E-state index contributed by atoms with van der Waals surface area (Å²) in [5.41, 5.74) is 3.11. The van der Waals surface area contributed by atoms with Crippen molar-refractivity contribution in [3.05, 3.63) is 59.7 Å². The molecule has 0 bridgehead atoms. The number of rotatable bonds is 6. The van der Waals surface area contributed by atoms with Crippen LogP contribution < -0.4 is 15.4 Å². The molecule has 0 aliphatic heterocycles. The van der Waals surface area contributed by atoms with E-state index in [0.717, 1.165) is 23.4 Å². The lowest BCUT2D eigenvalue weighted by molar-refractivity contribution is 0.249. The van der Waals surface area contributed by atoms with Crippen LogP contribution >= 0.6 is 0 Å². The van der Waals surface area contributed by atoms with Gasteiger partial charge in [-0.1, -0.05) is 31.2 Å². The van der Waals surface area contributed by atoms with Crippen LogP contribution in [0.25, 0.3) is 0 Å². The lowest BCUT2D eigenvalue weighted by Gasteiger charge is -2.15. The smallest absolute Gasteiger partial charge is 0.319 e. The molecule has 1 unspecified atom stereocenters. The number of carbonyl (C=O) groups is 1. The predicted molar refractivity (Wildman–Crippen MR) is 94.0 cm³/mol. The zero-order chi connectivity index (χ0) is 16.7. The van der Waals surface area contributed by atoms with Crippen molar-refractivity contribution < 1.29 is 9.53 Å². The number of carbonyl (C=O) groups excluding carboxylic acids is 1. The van der Waals surface area contributed by atoms with E-state index in [1.807, 2.05) is 38.1 Å². The summed E-state index contributed by atoms with van der Waals surface area (Å²) in [6.07, 6.45) is 1.01. The zero-order valence-corrected chi connectivity index (χ0v) is 13.9. The van der Waals surface area contributed by atoms with Gasteiger partial charge in [0.25, 0.3) is 0 Å². The minimum atomic E-state index is -0.221. The van der Waals surface area contributed by atoms with Gasteiger partial charge < -0.3 is 15.4 Å². The van der Waals surface area contributed by atoms with Crippen molar-refractivity contribution in [2.45, 2.75) is 33.2 Å². The van der Waals surface area contributed by atoms with Gasteiger partial charge in [-0.2, -0.15) is 0 Å². The fourth-order valence-electron chi connectivity index (χ4n) is 2.29. The van der Waals surface area contributed by atoms with Crippen LogP contribution in [0.3, 0.4) is 0 Å². The van der Waals surface area contributed by atoms with Gasteiger partial charge in [-0.3, -0.25) is 0 Å². The molecule has 0 aromatic heterocycles. The maximum Gasteiger partial charge on any atom is 0.319 e. The number of aryl methyl sites for hydroxylation is 1. The van der Waals surface area contributed by atoms with E-state index in [9.17, 15) is 4.79 Å². The third-order valence-electron chi connectivity index (χ3n) is 3.66. The number of hydrogen-bond acceptors (Lipinski definition) is 2. The van der Waals surface area contributed by atoms with Gasteiger partial charge in [0.05, 0.1) is 12.6 Å². The van der Waals surface area contributed by atoms with E-state index in [4.69, 9.17) is 4.74 Å². The number of hydrogen-bond donors (Lipinski definition) is 2. The van der Waals surface area contributed by atoms with Crippen molar-refractivity contribution in [3.63, 3.8) is 0 Å². The second-order valence-electron chi connectivity index (χ2n) is 5.37. The number of nitrogens with one attached hydrogen (secondary N) is 2. The molecule has 0 saturated carbocycles. The van der Waals surface area contributed by atoms with E-state index in [0.29, 0.717) is 6.61 Å². The zero-order valence-electron chi connectivity index (χ0n) is 13.9. The Labute approximate surface area is 137 Å². The summed E-state index contributed by atoms with van der Waals surface area (Å²) in [7, 11) is 0. The van der Waals surface area contributed by atoms with Gasteiger partial charge in [0, 0.05) is 5.69 Å². The van der Waals surface area contributed by atoms with Crippen LogP contribution in [0.15, 0.2) is 48.5 Å². The Morgan fingerprint density at radius 2 is 1.70 bits per heavy atom. The highest BCUT2D eigenvalue weighted by molar-refractivity contribution is 5.89. The predicted octanol–water partition coefficient (Wildman–Crippen LogP) is 4.53. The minimum absolute atomic E-state index is 0.0522. The number of urea groups is 1. The molecule has 4 nitrogen and oxygen atoms in total. The first-order chi connectivity index (χ1) is 11.1. The largest absolute Gasteiger partial charge is 0.494 e. The van der Waals surface area contributed by atoms with Crippen molar-refractivity contribution in [2.24, 2.45) is 0 Å². The van der Waals surface area contributed by atoms with Crippen molar-refractivity contribution in [1.29, 1.82) is 0 Å². The summed E-state index contributed by atoms with van der Waals surface area (Å²) in [4.78, 5) is 12.1. The molecule has 0 saturated heterocycles. The normalized spacial score (nSPS) is 11.6. The standard InChI is InChI=1S/C19H24N2O2/c1-4-15-6-8-16(9-7-15)14(3)20-19(22)21-17-10-12-18(13-11-17)23-5-2/h6-14H,4-5H2,1-3H3,(H2,20,21,22). The summed E-state index contributed by atoms with van der Waals surface area (Å²) in [6, 6.07) is 15.4. The molecule has 0 radical (unpaired) electrons. The Bertz CT molecular complexity index is 621. The van der Waals surface area contributed by atoms with E-state index in [1.165, 1.54) is 5.56 Å². The van der Waals surface area contributed by atoms with Gasteiger partial charge in [0.1, 0.15) is 5.75 Å². The third-order valence-corrected chi connectivity index (χ3v) is 3.66. The van der Waals surface area contributed by atoms with Gasteiger partial charge in [-0.25, -0.2) is 4.79 Å². The maximum absolute atomic E-state index is 12.1. The first-order valence-corrected chi connectivity index (χ1v) is 8.01. The van der Waals surface area contributed by atoms with Crippen molar-refractivity contribution in [1.82, 2.24) is 5.32 Å². The topological polar surface area (TPSA) is 50.4 Å². The molecule has 1 atom stereocenters. The molecule has 2 amide bonds. The number of benzene rings is 2. The summed E-state index contributed by atoms with van der Waals surface area (Å²) in [6.45, 7) is 6.66. The average Bonchev–Trinajstić information content (AvgIpc) is 2.57. The lowest BCUT2D eigenvalue weighted by Crippen LogP contribution is -2.31. The number of ether oxygens (including phenoxy) is 1. The van der Waals surface area contributed by atoms with E-state index in [1.54, 1.807) is 0 Å². The highest BCUT2D eigenvalue weighted by Gasteiger charge is 2.09. The second-order valence-corrected chi connectivity index (χ2v) is 5.37. The van der Waals surface area contributed by atoms with Crippen LogP contribution in [-0.2, 0) is 6.42 Å². The van der Waals surface area contributed by atoms with Crippen molar-refractivity contribution in [3.8, 4) is 5.75 Å². The van der Waals surface area contributed by atoms with Crippen LogP contribution in [0, 0.1) is 0 Å². The van der Waals surface area contributed by atoms with Crippen LogP contribution in [-0.4, -0.2) is 12.6 Å². The average molecular weight is 312 g/mol. The molecule has 0 heterocycles. The van der Waals surface area contributed by atoms with Crippen LogP contribution in [0.1, 0.15) is 37.9 Å². The van der Waals surface area contributed by atoms with Gasteiger partial charge >= 0.3 is 6.03 Å². The second kappa shape index (κ2) is 8.22. The molecular formula is C19H24N2O2. The molecule has 0 aliphatic rings. The fourth-order valence-corrected chi connectivity index (χ4v) is 2.29. The van der Waals surface area contributed by atoms with Crippen LogP contribution in [0.2, 0.25) is 0 Å². The summed E-state index contributed by atoms with van der Waals surface area (Å²) < 4.78 is 5.38.